The lowest BCUT2D eigenvalue weighted by molar-refractivity contribution is 0.737. The number of hydrogen-bond donors (Lipinski definition) is 1. The van der Waals surface area contributed by atoms with Crippen LogP contribution < -0.4 is 5.32 Å². The van der Waals surface area contributed by atoms with E-state index in [0.29, 0.717) is 0 Å². The van der Waals surface area contributed by atoms with Gasteiger partial charge in [-0.1, -0.05) is 0 Å². The Morgan fingerprint density at radius 2 is 2.58 bits per heavy atom. The molecule has 1 aliphatic rings. The third-order valence-electron chi connectivity index (χ3n) is 2.09. The molecule has 0 saturated heterocycles. The average Bonchev–Trinajstić information content (AvgIpc) is 2.17. The Labute approximate surface area is 71.0 Å². The highest BCUT2D eigenvalue weighted by molar-refractivity contribution is 5.53. The van der Waals surface area contributed by atoms with Gasteiger partial charge in [-0.05, 0) is 24.5 Å². The highest BCUT2D eigenvalue weighted by Crippen LogP contribution is 2.22. The van der Waals surface area contributed by atoms with Gasteiger partial charge in [-0.15, -0.1) is 0 Å². The van der Waals surface area contributed by atoms with Crippen LogP contribution in [-0.4, -0.2) is 11.0 Å². The SMILES string of the molecule is N#CC1CCc2cnccc2N1. The van der Waals surface area contributed by atoms with Crippen LogP contribution in [0.15, 0.2) is 18.5 Å². The number of nitrogens with zero attached hydrogens (tertiary/aromatic N) is 2. The second kappa shape index (κ2) is 2.82. The largest absolute Gasteiger partial charge is 0.370 e. The lowest BCUT2D eigenvalue weighted by Gasteiger charge is -2.21. The summed E-state index contributed by atoms with van der Waals surface area (Å²) in [5.41, 5.74) is 2.27. The number of nitrogens with one attached hydrogen (secondary N) is 1. The second-order valence-corrected chi connectivity index (χ2v) is 2.90. The van der Waals surface area contributed by atoms with Crippen LogP contribution in [-0.2, 0) is 6.42 Å². The molecule has 60 valence electrons. The summed E-state index contributed by atoms with van der Waals surface area (Å²) < 4.78 is 0. The third-order valence-corrected chi connectivity index (χ3v) is 2.09. The summed E-state index contributed by atoms with van der Waals surface area (Å²) in [4.78, 5) is 4.03. The van der Waals surface area contributed by atoms with Crippen molar-refractivity contribution in [1.82, 2.24) is 4.98 Å². The van der Waals surface area contributed by atoms with E-state index >= 15 is 0 Å². The maximum atomic E-state index is 8.69. The van der Waals surface area contributed by atoms with Crippen molar-refractivity contribution in [2.24, 2.45) is 0 Å². The maximum Gasteiger partial charge on any atom is 0.114 e. The van der Waals surface area contributed by atoms with Gasteiger partial charge in [0.25, 0.3) is 0 Å². The van der Waals surface area contributed by atoms with E-state index in [1.54, 1.807) is 6.20 Å². The van der Waals surface area contributed by atoms with Crippen LogP contribution in [0, 0.1) is 11.3 Å². The first kappa shape index (κ1) is 7.11. The standard InChI is InChI=1S/C9H9N3/c10-5-8-2-1-7-6-11-4-3-9(7)12-8/h3-4,6,8,12H,1-2H2. The lowest BCUT2D eigenvalue weighted by Crippen LogP contribution is -2.23. The molecule has 0 bridgehead atoms. The van der Waals surface area contributed by atoms with E-state index in [-0.39, 0.29) is 6.04 Å². The molecule has 1 aromatic rings. The van der Waals surface area contributed by atoms with Crippen molar-refractivity contribution in [3.05, 3.63) is 24.0 Å². The summed E-state index contributed by atoms with van der Waals surface area (Å²) >= 11 is 0. The van der Waals surface area contributed by atoms with Gasteiger partial charge in [-0.2, -0.15) is 5.26 Å². The van der Waals surface area contributed by atoms with Gasteiger partial charge < -0.3 is 5.32 Å². The van der Waals surface area contributed by atoms with E-state index in [2.05, 4.69) is 16.4 Å². The first-order valence-corrected chi connectivity index (χ1v) is 3.99. The van der Waals surface area contributed by atoms with Gasteiger partial charge in [0.2, 0.25) is 0 Å². The van der Waals surface area contributed by atoms with Crippen molar-refractivity contribution < 1.29 is 0 Å². The van der Waals surface area contributed by atoms with Gasteiger partial charge >= 0.3 is 0 Å². The summed E-state index contributed by atoms with van der Waals surface area (Å²) in [6, 6.07) is 4.10. The van der Waals surface area contributed by atoms with E-state index in [1.165, 1.54) is 5.56 Å². The summed E-state index contributed by atoms with van der Waals surface area (Å²) in [6.45, 7) is 0. The van der Waals surface area contributed by atoms with E-state index in [9.17, 15) is 0 Å². The number of aromatic nitrogens is 1. The van der Waals surface area contributed by atoms with E-state index in [1.807, 2.05) is 12.3 Å². The van der Waals surface area contributed by atoms with Crippen molar-refractivity contribution in [1.29, 1.82) is 5.26 Å². The number of fused-ring (bicyclic) bond motifs is 1. The normalized spacial score (nSPS) is 20.4. The first-order valence-electron chi connectivity index (χ1n) is 3.99. The highest BCUT2D eigenvalue weighted by Gasteiger charge is 2.15. The Kier molecular flexibility index (Phi) is 1.67. The van der Waals surface area contributed by atoms with E-state index < -0.39 is 0 Å². The summed E-state index contributed by atoms with van der Waals surface area (Å²) in [5.74, 6) is 0. The third kappa shape index (κ3) is 1.12. The molecule has 3 heteroatoms. The minimum Gasteiger partial charge on any atom is -0.370 e. The fourth-order valence-electron chi connectivity index (χ4n) is 1.42. The Hall–Kier alpha value is -1.56. The molecular formula is C9H9N3. The topological polar surface area (TPSA) is 48.7 Å². The van der Waals surface area contributed by atoms with Crippen molar-refractivity contribution >= 4 is 5.69 Å². The molecule has 12 heavy (non-hydrogen) atoms. The van der Waals surface area contributed by atoms with Crippen LogP contribution in [0.25, 0.3) is 0 Å². The lowest BCUT2D eigenvalue weighted by atomic mass is 10.0. The zero-order valence-electron chi connectivity index (χ0n) is 6.62. The Morgan fingerprint density at radius 1 is 1.67 bits per heavy atom. The number of rotatable bonds is 0. The van der Waals surface area contributed by atoms with E-state index in [4.69, 9.17) is 5.26 Å². The van der Waals surface area contributed by atoms with Crippen molar-refractivity contribution in [3.63, 3.8) is 0 Å². The second-order valence-electron chi connectivity index (χ2n) is 2.90. The van der Waals surface area contributed by atoms with Crippen molar-refractivity contribution in [2.75, 3.05) is 5.32 Å². The number of nitriles is 1. The molecule has 1 aromatic heterocycles. The van der Waals surface area contributed by atoms with Crippen LogP contribution in [0.5, 0.6) is 0 Å². The summed E-state index contributed by atoms with van der Waals surface area (Å²) in [7, 11) is 0. The Bertz CT molecular complexity index is 327. The van der Waals surface area contributed by atoms with Crippen LogP contribution in [0.3, 0.4) is 0 Å². The molecule has 2 heterocycles. The molecule has 0 fully saturated rings. The minimum absolute atomic E-state index is 0.0279. The number of pyridine rings is 1. The predicted octanol–water partition coefficient (Wildman–Crippen LogP) is 1.33. The molecular weight excluding hydrogens is 150 g/mol. The summed E-state index contributed by atoms with van der Waals surface area (Å²) in [6.07, 6.45) is 5.44. The molecule has 0 saturated carbocycles. The van der Waals surface area contributed by atoms with Crippen molar-refractivity contribution in [3.8, 4) is 6.07 Å². The molecule has 2 rings (SSSR count). The summed E-state index contributed by atoms with van der Waals surface area (Å²) in [5, 5.41) is 11.8. The number of hydrogen-bond acceptors (Lipinski definition) is 3. The molecule has 0 amide bonds. The smallest absolute Gasteiger partial charge is 0.114 e. The minimum atomic E-state index is -0.0279. The quantitative estimate of drug-likeness (QED) is 0.621. The molecule has 0 aromatic carbocycles. The highest BCUT2D eigenvalue weighted by atomic mass is 14.9. The first-order chi connectivity index (χ1) is 5.90. The van der Waals surface area contributed by atoms with Crippen molar-refractivity contribution in [2.45, 2.75) is 18.9 Å². The van der Waals surface area contributed by atoms with Gasteiger partial charge in [-0.25, -0.2) is 0 Å². The predicted molar refractivity (Wildman–Crippen MR) is 45.6 cm³/mol. The monoisotopic (exact) mass is 159 g/mol. The number of aryl methyl sites for hydroxylation is 1. The average molecular weight is 159 g/mol. The molecule has 1 unspecified atom stereocenters. The number of anilines is 1. The fourth-order valence-corrected chi connectivity index (χ4v) is 1.42. The maximum absolute atomic E-state index is 8.69. The Balaban J connectivity index is 2.30. The fraction of sp³-hybridized carbons (Fsp3) is 0.333. The van der Waals surface area contributed by atoms with E-state index in [0.717, 1.165) is 18.5 Å². The molecule has 1 N–H and O–H groups in total. The van der Waals surface area contributed by atoms with Gasteiger partial charge in [0.05, 0.1) is 6.07 Å². The van der Waals surface area contributed by atoms with Gasteiger partial charge in [0.15, 0.2) is 0 Å². The zero-order chi connectivity index (χ0) is 8.39. The Morgan fingerprint density at radius 3 is 3.42 bits per heavy atom. The van der Waals surface area contributed by atoms with Crippen LogP contribution in [0.2, 0.25) is 0 Å². The van der Waals surface area contributed by atoms with Crippen LogP contribution in [0.1, 0.15) is 12.0 Å². The van der Waals surface area contributed by atoms with Crippen LogP contribution >= 0.6 is 0 Å². The molecule has 0 radical (unpaired) electrons. The van der Waals surface area contributed by atoms with Crippen LogP contribution in [0.4, 0.5) is 5.69 Å². The molecule has 1 aliphatic heterocycles. The molecule has 3 nitrogen and oxygen atoms in total. The molecule has 0 spiro atoms. The molecule has 0 aliphatic carbocycles. The zero-order valence-corrected chi connectivity index (χ0v) is 6.62. The molecule has 1 atom stereocenters. The van der Waals surface area contributed by atoms with Gasteiger partial charge in [0.1, 0.15) is 6.04 Å². The van der Waals surface area contributed by atoms with Gasteiger partial charge in [-0.3, -0.25) is 4.98 Å². The van der Waals surface area contributed by atoms with Gasteiger partial charge in [0, 0.05) is 18.1 Å².